The van der Waals surface area contributed by atoms with Crippen molar-refractivity contribution in [2.45, 2.75) is 13.3 Å². The second-order valence-electron chi connectivity index (χ2n) is 2.02. The molecule has 0 aromatic heterocycles. The molecular weight excluding hydrogens is 81.0 g/mol. The molecule has 0 saturated carbocycles. The van der Waals surface area contributed by atoms with Gasteiger partial charge in [-0.05, 0) is 0 Å². The molecule has 1 unspecified atom stereocenters. The van der Waals surface area contributed by atoms with Crippen molar-refractivity contribution < 1.29 is 18.9 Å². The predicted octanol–water partition coefficient (Wildman–Crippen LogP) is -1.60. The van der Waals surface area contributed by atoms with Gasteiger partial charge in [0.1, 0.15) is 0 Å². The average molecular weight is 91.1 g/mol. The first-order chi connectivity index (χ1) is 2.89. The molecule has 0 N–H and O–H groups in total. The third-order valence-corrected chi connectivity index (χ3v) is 1.22. The van der Waals surface area contributed by atoms with Crippen molar-refractivity contribution in [3.8, 4) is 0 Å². The molecule has 1 heterocycles. The Morgan fingerprint density at radius 1 is 1.57 bits per heavy atom. The summed E-state index contributed by atoms with van der Waals surface area (Å²) in [7, 11) is 0. The SMILES string of the molecule is CC1CC[N-]C1.[Li+]. The van der Waals surface area contributed by atoms with Gasteiger partial charge in [-0.25, -0.2) is 0 Å². The van der Waals surface area contributed by atoms with E-state index < -0.39 is 0 Å². The smallest absolute Gasteiger partial charge is 0.662 e. The molecule has 1 nitrogen and oxygen atoms in total. The fourth-order valence-electron chi connectivity index (χ4n) is 0.715. The summed E-state index contributed by atoms with van der Waals surface area (Å²) >= 11 is 0. The molecule has 1 saturated heterocycles. The molecule has 7 heavy (non-hydrogen) atoms. The van der Waals surface area contributed by atoms with Crippen LogP contribution in [-0.2, 0) is 0 Å². The van der Waals surface area contributed by atoms with Crippen LogP contribution in [0, 0.1) is 5.92 Å². The zero-order valence-corrected chi connectivity index (χ0v) is 5.15. The van der Waals surface area contributed by atoms with Crippen LogP contribution in [0.1, 0.15) is 13.3 Å². The Morgan fingerprint density at radius 2 is 2.29 bits per heavy atom. The largest absolute Gasteiger partial charge is 1.00 e. The Hall–Kier alpha value is 0.557. The minimum Gasteiger partial charge on any atom is -0.662 e. The van der Waals surface area contributed by atoms with Crippen LogP contribution in [0.3, 0.4) is 0 Å². The molecule has 1 rings (SSSR count). The van der Waals surface area contributed by atoms with Gasteiger partial charge in [0.25, 0.3) is 0 Å². The first-order valence-electron chi connectivity index (χ1n) is 2.53. The fraction of sp³-hybridized carbons (Fsp3) is 1.00. The van der Waals surface area contributed by atoms with Gasteiger partial charge in [0, 0.05) is 0 Å². The van der Waals surface area contributed by atoms with E-state index in [0.29, 0.717) is 0 Å². The van der Waals surface area contributed by atoms with E-state index in [2.05, 4.69) is 12.2 Å². The number of hydrogen-bond acceptors (Lipinski definition) is 0. The summed E-state index contributed by atoms with van der Waals surface area (Å²) in [6, 6.07) is 0. The third-order valence-electron chi connectivity index (χ3n) is 1.22. The van der Waals surface area contributed by atoms with E-state index in [4.69, 9.17) is 0 Å². The van der Waals surface area contributed by atoms with Crippen molar-refractivity contribution in [3.05, 3.63) is 5.32 Å². The maximum absolute atomic E-state index is 4.16. The molecule has 0 bridgehead atoms. The summed E-state index contributed by atoms with van der Waals surface area (Å²) in [6.07, 6.45) is 1.32. The van der Waals surface area contributed by atoms with E-state index in [0.717, 1.165) is 19.0 Å². The normalized spacial score (nSPS) is 29.6. The molecule has 36 valence electrons. The van der Waals surface area contributed by atoms with Crippen molar-refractivity contribution in [2.75, 3.05) is 13.1 Å². The first-order valence-corrected chi connectivity index (χ1v) is 2.53. The second-order valence-corrected chi connectivity index (χ2v) is 2.02. The molecule has 0 aromatic rings. The molecule has 1 aliphatic rings. The van der Waals surface area contributed by atoms with Gasteiger partial charge in [-0.15, -0.1) is 13.1 Å². The Bertz CT molecular complexity index is 41.3. The van der Waals surface area contributed by atoms with Gasteiger partial charge in [-0.3, -0.25) is 0 Å². The number of nitrogens with zero attached hydrogens (tertiary/aromatic N) is 1. The summed E-state index contributed by atoms with van der Waals surface area (Å²) in [5.74, 6) is 0.880. The molecule has 0 spiro atoms. The Labute approximate surface area is 57.0 Å². The van der Waals surface area contributed by atoms with Crippen LogP contribution in [-0.4, -0.2) is 13.1 Å². The van der Waals surface area contributed by atoms with Crippen LogP contribution in [0.2, 0.25) is 0 Å². The number of hydrogen-bond donors (Lipinski definition) is 0. The van der Waals surface area contributed by atoms with Crippen molar-refractivity contribution >= 4 is 0 Å². The summed E-state index contributed by atoms with van der Waals surface area (Å²) in [6.45, 7) is 4.47. The molecule has 2 heteroatoms. The van der Waals surface area contributed by atoms with Crippen molar-refractivity contribution in [1.29, 1.82) is 0 Å². The predicted molar refractivity (Wildman–Crippen MR) is 26.9 cm³/mol. The van der Waals surface area contributed by atoms with Gasteiger partial charge >= 0.3 is 18.9 Å². The van der Waals surface area contributed by atoms with E-state index in [1.807, 2.05) is 0 Å². The van der Waals surface area contributed by atoms with Crippen LogP contribution in [0.4, 0.5) is 0 Å². The molecule has 1 fully saturated rings. The van der Waals surface area contributed by atoms with Crippen LogP contribution in [0.15, 0.2) is 0 Å². The topological polar surface area (TPSA) is 14.1 Å². The first kappa shape index (κ1) is 7.56. The van der Waals surface area contributed by atoms with Gasteiger partial charge in [-0.1, -0.05) is 19.3 Å². The molecule has 1 aliphatic heterocycles. The Balaban J connectivity index is 0.000000360. The van der Waals surface area contributed by atoms with Gasteiger partial charge < -0.3 is 5.32 Å². The fourth-order valence-corrected chi connectivity index (χ4v) is 0.715. The molecule has 0 radical (unpaired) electrons. The van der Waals surface area contributed by atoms with Gasteiger partial charge in [0.2, 0.25) is 0 Å². The van der Waals surface area contributed by atoms with E-state index in [1.165, 1.54) is 6.42 Å². The second kappa shape index (κ2) is 3.55. The minimum absolute atomic E-state index is 0. The summed E-state index contributed by atoms with van der Waals surface area (Å²) < 4.78 is 0. The quantitative estimate of drug-likeness (QED) is 0.319. The molecule has 0 aromatic carbocycles. The minimum atomic E-state index is 0. The maximum Gasteiger partial charge on any atom is 1.00 e. The zero-order valence-electron chi connectivity index (χ0n) is 5.15. The van der Waals surface area contributed by atoms with E-state index in [-0.39, 0.29) is 18.9 Å². The monoisotopic (exact) mass is 91.1 g/mol. The van der Waals surface area contributed by atoms with Crippen LogP contribution in [0.25, 0.3) is 5.32 Å². The molecule has 0 aliphatic carbocycles. The van der Waals surface area contributed by atoms with Gasteiger partial charge in [0.15, 0.2) is 0 Å². The Kier molecular flexibility index (Phi) is 3.83. The van der Waals surface area contributed by atoms with Gasteiger partial charge in [-0.2, -0.15) is 0 Å². The maximum atomic E-state index is 4.16. The van der Waals surface area contributed by atoms with Crippen LogP contribution < -0.4 is 18.9 Å². The third kappa shape index (κ3) is 2.38. The standard InChI is InChI=1S/C5H10N.Li/c1-5-2-3-6-4-5;/h5H,2-4H2,1H3;/q-1;+1. The zero-order chi connectivity index (χ0) is 4.41. The van der Waals surface area contributed by atoms with E-state index in [1.54, 1.807) is 0 Å². The summed E-state index contributed by atoms with van der Waals surface area (Å²) in [5, 5.41) is 4.16. The van der Waals surface area contributed by atoms with Crippen LogP contribution in [0.5, 0.6) is 0 Å². The van der Waals surface area contributed by atoms with Crippen molar-refractivity contribution in [1.82, 2.24) is 0 Å². The van der Waals surface area contributed by atoms with E-state index >= 15 is 0 Å². The van der Waals surface area contributed by atoms with Crippen molar-refractivity contribution in [3.63, 3.8) is 0 Å². The molecule has 0 amide bonds. The summed E-state index contributed by atoms with van der Waals surface area (Å²) in [4.78, 5) is 0. The van der Waals surface area contributed by atoms with Crippen molar-refractivity contribution in [2.24, 2.45) is 5.92 Å². The van der Waals surface area contributed by atoms with Crippen LogP contribution >= 0.6 is 0 Å². The van der Waals surface area contributed by atoms with Gasteiger partial charge in [0.05, 0.1) is 0 Å². The average Bonchev–Trinajstić information content (AvgIpc) is 1.86. The Morgan fingerprint density at radius 3 is 2.43 bits per heavy atom. The number of rotatable bonds is 0. The molecular formula is C5H10LiN. The van der Waals surface area contributed by atoms with E-state index in [9.17, 15) is 0 Å². The summed E-state index contributed by atoms with van der Waals surface area (Å²) in [5.41, 5.74) is 0. The molecule has 1 atom stereocenters.